The van der Waals surface area contributed by atoms with Gasteiger partial charge < -0.3 is 0 Å². The number of rotatable bonds is 0. The van der Waals surface area contributed by atoms with E-state index < -0.39 is 0 Å². The first kappa shape index (κ1) is 4.73. The smallest absolute Gasteiger partial charge is 0.0149 e. The second-order valence-corrected chi connectivity index (χ2v) is 3.14. The fourth-order valence-corrected chi connectivity index (χ4v) is 2.00. The number of hydrogen-bond acceptors (Lipinski definition) is 0. The molecule has 0 spiro atoms. The minimum absolute atomic E-state index is 1.23. The largest absolute Gasteiger partial charge is 0.0911 e. The molecular formula is C10H8. The van der Waals surface area contributed by atoms with Gasteiger partial charge >= 0.3 is 0 Å². The van der Waals surface area contributed by atoms with Gasteiger partial charge in [-0.2, -0.15) is 0 Å². The Morgan fingerprint density at radius 3 is 2.40 bits per heavy atom. The van der Waals surface area contributed by atoms with Gasteiger partial charge in [0.05, 0.1) is 0 Å². The van der Waals surface area contributed by atoms with Gasteiger partial charge in [-0.25, -0.2) is 0 Å². The quantitative estimate of drug-likeness (QED) is 0.470. The van der Waals surface area contributed by atoms with Crippen LogP contribution in [0.15, 0.2) is 46.6 Å². The third kappa shape index (κ3) is 0.316. The van der Waals surface area contributed by atoms with Crippen LogP contribution in [0.25, 0.3) is 0 Å². The first-order valence-corrected chi connectivity index (χ1v) is 3.72. The van der Waals surface area contributed by atoms with Crippen molar-refractivity contribution >= 4 is 0 Å². The molecule has 3 aliphatic carbocycles. The van der Waals surface area contributed by atoms with Crippen LogP contribution < -0.4 is 0 Å². The molecule has 0 aliphatic heterocycles. The molecule has 48 valence electrons. The van der Waals surface area contributed by atoms with Crippen LogP contribution in [0, 0.1) is 0 Å². The summed E-state index contributed by atoms with van der Waals surface area (Å²) in [5.41, 5.74) is 7.29. The molecule has 0 nitrogen and oxygen atoms in total. The Balaban J connectivity index is 2.33. The summed E-state index contributed by atoms with van der Waals surface area (Å²) >= 11 is 0. The van der Waals surface area contributed by atoms with Gasteiger partial charge in [0.15, 0.2) is 0 Å². The zero-order valence-corrected chi connectivity index (χ0v) is 5.78. The second-order valence-electron chi connectivity index (χ2n) is 3.14. The van der Waals surface area contributed by atoms with Crippen molar-refractivity contribution in [2.24, 2.45) is 0 Å². The van der Waals surface area contributed by atoms with E-state index in [9.17, 15) is 0 Å². The fourth-order valence-electron chi connectivity index (χ4n) is 2.00. The molecule has 0 atom stereocenters. The van der Waals surface area contributed by atoms with Crippen molar-refractivity contribution in [3.05, 3.63) is 46.6 Å². The average molecular weight is 128 g/mol. The first-order valence-electron chi connectivity index (χ1n) is 3.72. The maximum absolute atomic E-state index is 3.98. The molecule has 0 aromatic rings. The molecule has 2 bridgehead atoms. The Kier molecular flexibility index (Phi) is 0.565. The molecule has 0 heteroatoms. The van der Waals surface area contributed by atoms with Crippen molar-refractivity contribution in [1.82, 2.24) is 0 Å². The van der Waals surface area contributed by atoms with E-state index in [4.69, 9.17) is 0 Å². The van der Waals surface area contributed by atoms with Crippen LogP contribution in [-0.4, -0.2) is 0 Å². The summed E-state index contributed by atoms with van der Waals surface area (Å²) in [6, 6.07) is 0. The van der Waals surface area contributed by atoms with Crippen molar-refractivity contribution in [3.8, 4) is 0 Å². The van der Waals surface area contributed by atoms with Crippen LogP contribution in [0.4, 0.5) is 0 Å². The Labute approximate surface area is 60.2 Å². The third-order valence-corrected chi connectivity index (χ3v) is 2.64. The highest BCUT2D eigenvalue weighted by molar-refractivity contribution is 5.76. The summed E-state index contributed by atoms with van der Waals surface area (Å²) in [6.07, 6.45) is 7.07. The minimum atomic E-state index is 1.23. The van der Waals surface area contributed by atoms with E-state index in [1.54, 1.807) is 11.1 Å². The second kappa shape index (κ2) is 1.20. The molecule has 0 aromatic carbocycles. The topological polar surface area (TPSA) is 0 Å². The molecule has 0 heterocycles. The first-order chi connectivity index (χ1) is 4.86. The van der Waals surface area contributed by atoms with Gasteiger partial charge in [-0.1, -0.05) is 6.58 Å². The van der Waals surface area contributed by atoms with E-state index in [0.717, 1.165) is 0 Å². The van der Waals surface area contributed by atoms with E-state index in [0.29, 0.717) is 0 Å². The van der Waals surface area contributed by atoms with Crippen LogP contribution in [0.2, 0.25) is 0 Å². The highest BCUT2D eigenvalue weighted by Gasteiger charge is 2.32. The summed E-state index contributed by atoms with van der Waals surface area (Å²) in [5, 5.41) is 0. The van der Waals surface area contributed by atoms with Crippen LogP contribution in [-0.2, 0) is 0 Å². The fraction of sp³-hybridized carbons (Fsp3) is 0.200. The van der Waals surface area contributed by atoms with E-state index in [1.807, 2.05) is 0 Å². The van der Waals surface area contributed by atoms with Gasteiger partial charge in [0.1, 0.15) is 0 Å². The summed E-state index contributed by atoms with van der Waals surface area (Å²) < 4.78 is 0. The Morgan fingerprint density at radius 2 is 1.90 bits per heavy atom. The molecule has 0 unspecified atom stereocenters. The van der Waals surface area contributed by atoms with Gasteiger partial charge in [-0.05, 0) is 52.9 Å². The van der Waals surface area contributed by atoms with E-state index >= 15 is 0 Å². The van der Waals surface area contributed by atoms with E-state index in [2.05, 4.69) is 18.7 Å². The highest BCUT2D eigenvalue weighted by Crippen LogP contribution is 2.50. The number of allylic oxidation sites excluding steroid dienone is 7. The number of fused-ring (bicyclic) bond motifs is 3. The minimum Gasteiger partial charge on any atom is -0.0911 e. The van der Waals surface area contributed by atoms with Gasteiger partial charge in [0.25, 0.3) is 0 Å². The monoisotopic (exact) mass is 128 g/mol. The van der Waals surface area contributed by atoms with Crippen LogP contribution >= 0.6 is 0 Å². The summed E-state index contributed by atoms with van der Waals surface area (Å²) in [6.45, 7) is 3.98. The zero-order valence-electron chi connectivity index (χ0n) is 5.78. The van der Waals surface area contributed by atoms with E-state index in [1.165, 1.54) is 29.6 Å². The lowest BCUT2D eigenvalue weighted by atomic mass is 9.81. The lowest BCUT2D eigenvalue weighted by Gasteiger charge is -2.23. The molecule has 10 heavy (non-hydrogen) atoms. The zero-order chi connectivity index (χ0) is 6.72. The predicted molar refractivity (Wildman–Crippen MR) is 41.6 cm³/mol. The molecule has 3 aliphatic rings. The molecule has 0 saturated heterocycles. The van der Waals surface area contributed by atoms with E-state index in [-0.39, 0.29) is 0 Å². The summed E-state index contributed by atoms with van der Waals surface area (Å²) in [7, 11) is 0. The van der Waals surface area contributed by atoms with Crippen LogP contribution in [0.3, 0.4) is 0 Å². The standard InChI is InChI=1S/C10H8/c1-6-4-7-5-10(6)9-3-2-8(7)9/h4-5H,1-3H2. The molecule has 0 aromatic heterocycles. The molecule has 0 fully saturated rings. The van der Waals surface area contributed by atoms with Gasteiger partial charge in [0, 0.05) is 0 Å². The van der Waals surface area contributed by atoms with Crippen LogP contribution in [0.5, 0.6) is 0 Å². The number of hydrogen-bond donors (Lipinski definition) is 0. The Morgan fingerprint density at radius 1 is 1.10 bits per heavy atom. The van der Waals surface area contributed by atoms with Crippen molar-refractivity contribution in [2.45, 2.75) is 12.8 Å². The third-order valence-electron chi connectivity index (χ3n) is 2.64. The van der Waals surface area contributed by atoms with Crippen molar-refractivity contribution in [2.75, 3.05) is 0 Å². The highest BCUT2D eigenvalue weighted by atomic mass is 14.4. The van der Waals surface area contributed by atoms with Crippen molar-refractivity contribution in [1.29, 1.82) is 0 Å². The Bertz CT molecular complexity index is 328. The molecule has 0 radical (unpaired) electrons. The maximum atomic E-state index is 3.98. The lowest BCUT2D eigenvalue weighted by Crippen LogP contribution is -2.05. The Hall–Kier alpha value is -1.04. The SMILES string of the molecule is C=C1C=C2C=C1C1=C2CC1. The van der Waals surface area contributed by atoms with Crippen LogP contribution in [0.1, 0.15) is 12.8 Å². The van der Waals surface area contributed by atoms with Gasteiger partial charge in [-0.15, -0.1) is 0 Å². The normalized spacial score (nSPS) is 26.2. The predicted octanol–water partition coefficient (Wildman–Crippen LogP) is 2.51. The molecule has 0 N–H and O–H groups in total. The maximum Gasteiger partial charge on any atom is -0.0149 e. The molecule has 0 amide bonds. The summed E-state index contributed by atoms with van der Waals surface area (Å²) in [4.78, 5) is 0. The summed E-state index contributed by atoms with van der Waals surface area (Å²) in [5.74, 6) is 0. The van der Waals surface area contributed by atoms with Crippen molar-refractivity contribution < 1.29 is 0 Å². The van der Waals surface area contributed by atoms with Crippen molar-refractivity contribution in [3.63, 3.8) is 0 Å². The molecule has 0 saturated carbocycles. The lowest BCUT2D eigenvalue weighted by molar-refractivity contribution is 0.841. The average Bonchev–Trinajstić information content (AvgIpc) is 2.17. The van der Waals surface area contributed by atoms with Gasteiger partial charge in [0.2, 0.25) is 0 Å². The van der Waals surface area contributed by atoms with Gasteiger partial charge in [-0.3, -0.25) is 0 Å². The molecule has 3 rings (SSSR count). The molecular weight excluding hydrogens is 120 g/mol.